The number of fused-ring (bicyclic) bond motifs is 3. The highest BCUT2D eigenvalue weighted by molar-refractivity contribution is 7.20. The maximum atomic E-state index is 11.7. The number of rotatable bonds is 5. The molecule has 2 aliphatic heterocycles. The number of nitrogens with zero attached hydrogens (tertiary/aromatic N) is 4. The second kappa shape index (κ2) is 7.72. The number of amides is 1. The highest BCUT2D eigenvalue weighted by atomic mass is 32.1. The van der Waals surface area contributed by atoms with Crippen molar-refractivity contribution in [1.82, 2.24) is 19.8 Å². The van der Waals surface area contributed by atoms with Crippen molar-refractivity contribution in [3.8, 4) is 10.9 Å². The van der Waals surface area contributed by atoms with Crippen LogP contribution < -0.4 is 4.74 Å². The maximum absolute atomic E-state index is 11.7. The molecule has 0 aliphatic carbocycles. The van der Waals surface area contributed by atoms with Crippen LogP contribution in [-0.2, 0) is 11.2 Å². The fourth-order valence-corrected chi connectivity index (χ4v) is 5.28. The quantitative estimate of drug-likeness (QED) is 0.644. The van der Waals surface area contributed by atoms with Crippen molar-refractivity contribution in [3.05, 3.63) is 48.2 Å². The molecule has 3 aromatic rings. The molecule has 0 unspecified atom stereocenters. The van der Waals surface area contributed by atoms with E-state index in [4.69, 9.17) is 4.74 Å². The van der Waals surface area contributed by atoms with Gasteiger partial charge in [0.05, 0.1) is 4.70 Å². The molecule has 0 N–H and O–H groups in total. The molecule has 4 heterocycles. The zero-order chi connectivity index (χ0) is 19.8. The lowest BCUT2D eigenvalue weighted by molar-refractivity contribution is -0.132. The molecule has 7 heteroatoms. The van der Waals surface area contributed by atoms with Gasteiger partial charge in [0.2, 0.25) is 5.91 Å². The van der Waals surface area contributed by atoms with Crippen molar-refractivity contribution in [2.24, 2.45) is 0 Å². The molecule has 2 fully saturated rings. The molecule has 150 valence electrons. The fraction of sp³-hybridized carbons (Fsp3) is 0.409. The molecule has 1 amide bonds. The van der Waals surface area contributed by atoms with Gasteiger partial charge < -0.3 is 9.64 Å². The lowest BCUT2D eigenvalue weighted by Gasteiger charge is -2.40. The maximum Gasteiger partial charge on any atom is 0.281 e. The summed E-state index contributed by atoms with van der Waals surface area (Å²) >= 11 is 1.50. The van der Waals surface area contributed by atoms with Crippen LogP contribution in [0.2, 0.25) is 0 Å². The van der Waals surface area contributed by atoms with E-state index in [1.807, 2.05) is 29.2 Å². The molecule has 2 atom stereocenters. The molecule has 2 aromatic heterocycles. The molecule has 1 aromatic carbocycles. The fourth-order valence-electron chi connectivity index (χ4n) is 4.49. The Hall–Kier alpha value is -2.51. The Morgan fingerprint density at radius 3 is 2.62 bits per heavy atom. The Labute approximate surface area is 174 Å². The van der Waals surface area contributed by atoms with Crippen molar-refractivity contribution in [3.63, 3.8) is 0 Å². The first kappa shape index (κ1) is 18.5. The number of carbonyl (C=O) groups excluding carboxylic acids is 1. The molecule has 5 rings (SSSR count). The summed E-state index contributed by atoms with van der Waals surface area (Å²) in [6, 6.07) is 13.2. The Kier molecular flexibility index (Phi) is 4.93. The minimum Gasteiger partial charge on any atom is -0.431 e. The first-order chi connectivity index (χ1) is 14.2. The van der Waals surface area contributed by atoms with Crippen LogP contribution >= 0.6 is 11.3 Å². The molecule has 2 saturated heterocycles. The molecule has 0 saturated carbocycles. The lowest BCUT2D eigenvalue weighted by atomic mass is 10.1. The van der Waals surface area contributed by atoms with Crippen molar-refractivity contribution in [1.29, 1.82) is 0 Å². The largest absolute Gasteiger partial charge is 0.431 e. The number of pyridine rings is 1. The van der Waals surface area contributed by atoms with E-state index in [9.17, 15) is 4.79 Å². The summed E-state index contributed by atoms with van der Waals surface area (Å²) in [5, 5.41) is 0.617. The van der Waals surface area contributed by atoms with Crippen LogP contribution in [0, 0.1) is 0 Å². The molecular weight excluding hydrogens is 384 g/mol. The SMILES string of the molecule is CC(=O)N1C[C@H]2CC[C@H](C1)N2CCc1ccc(Oc2nc3ncccc3s2)cc1. The van der Waals surface area contributed by atoms with Gasteiger partial charge in [-0.15, -0.1) is 0 Å². The summed E-state index contributed by atoms with van der Waals surface area (Å²) in [6.07, 6.45) is 5.17. The summed E-state index contributed by atoms with van der Waals surface area (Å²) in [7, 11) is 0. The molecule has 0 radical (unpaired) electrons. The highest BCUT2D eigenvalue weighted by Gasteiger charge is 2.40. The standard InChI is InChI=1S/C22H24N4O2S/c1-15(27)25-13-17-6-7-18(14-25)26(17)12-10-16-4-8-19(9-5-16)28-22-24-21-20(29-22)3-2-11-23-21/h2-5,8-9,11,17-18H,6-7,10,12-14H2,1H3/t17-,18-/m1/s1. The van der Waals surface area contributed by atoms with E-state index in [0.29, 0.717) is 17.3 Å². The first-order valence-corrected chi connectivity index (χ1v) is 11.0. The molecular formula is C22H24N4O2S. The summed E-state index contributed by atoms with van der Waals surface area (Å²) < 4.78 is 6.94. The third-order valence-electron chi connectivity index (χ3n) is 6.01. The van der Waals surface area contributed by atoms with Crippen molar-refractivity contribution in [2.75, 3.05) is 19.6 Å². The van der Waals surface area contributed by atoms with Gasteiger partial charge in [-0.05, 0) is 49.1 Å². The van der Waals surface area contributed by atoms with E-state index >= 15 is 0 Å². The molecule has 29 heavy (non-hydrogen) atoms. The molecule has 2 bridgehead atoms. The van der Waals surface area contributed by atoms with Gasteiger partial charge in [0.25, 0.3) is 5.19 Å². The minimum absolute atomic E-state index is 0.209. The van der Waals surface area contributed by atoms with E-state index in [1.54, 1.807) is 13.1 Å². The number of carbonyl (C=O) groups is 1. The van der Waals surface area contributed by atoms with E-state index in [-0.39, 0.29) is 5.91 Å². The van der Waals surface area contributed by atoms with E-state index in [2.05, 4.69) is 27.0 Å². The Morgan fingerprint density at radius 1 is 1.17 bits per heavy atom. The average molecular weight is 409 g/mol. The number of ether oxygens (including phenoxy) is 1. The van der Waals surface area contributed by atoms with Gasteiger partial charge >= 0.3 is 0 Å². The van der Waals surface area contributed by atoms with E-state index < -0.39 is 0 Å². The number of benzene rings is 1. The van der Waals surface area contributed by atoms with Gasteiger partial charge in [0.1, 0.15) is 5.75 Å². The predicted octanol–water partition coefficient (Wildman–Crippen LogP) is 3.72. The minimum atomic E-state index is 0.209. The van der Waals surface area contributed by atoms with Crippen LogP contribution in [0.5, 0.6) is 10.9 Å². The second-order valence-corrected chi connectivity index (χ2v) is 8.84. The van der Waals surface area contributed by atoms with Crippen molar-refractivity contribution in [2.45, 2.75) is 38.3 Å². The third-order valence-corrected chi connectivity index (χ3v) is 6.90. The van der Waals surface area contributed by atoms with E-state index in [1.165, 1.54) is 29.7 Å². The Balaban J connectivity index is 1.19. The lowest BCUT2D eigenvalue weighted by Crippen LogP contribution is -2.55. The van der Waals surface area contributed by atoms with Gasteiger partial charge in [0, 0.05) is 44.8 Å². The summed E-state index contributed by atoms with van der Waals surface area (Å²) in [6.45, 7) is 4.50. The van der Waals surface area contributed by atoms with Gasteiger partial charge in [-0.1, -0.05) is 23.5 Å². The van der Waals surface area contributed by atoms with Crippen LogP contribution in [0.25, 0.3) is 10.3 Å². The number of thiazole rings is 1. The van der Waals surface area contributed by atoms with E-state index in [0.717, 1.165) is 42.2 Å². The Morgan fingerprint density at radius 2 is 1.93 bits per heavy atom. The van der Waals surface area contributed by atoms with Crippen LogP contribution in [0.1, 0.15) is 25.3 Å². The van der Waals surface area contributed by atoms with Gasteiger partial charge in [-0.2, -0.15) is 4.98 Å². The van der Waals surface area contributed by atoms with Gasteiger partial charge in [-0.3, -0.25) is 9.69 Å². The Bertz CT molecular complexity index is 972. The number of aromatic nitrogens is 2. The summed E-state index contributed by atoms with van der Waals surface area (Å²) in [4.78, 5) is 25.0. The van der Waals surface area contributed by atoms with Crippen LogP contribution in [0.3, 0.4) is 0 Å². The average Bonchev–Trinajstić information content (AvgIpc) is 3.23. The van der Waals surface area contributed by atoms with Crippen molar-refractivity contribution < 1.29 is 9.53 Å². The predicted molar refractivity (Wildman–Crippen MR) is 113 cm³/mol. The molecule has 2 aliphatic rings. The van der Waals surface area contributed by atoms with Crippen LogP contribution in [0.4, 0.5) is 0 Å². The highest BCUT2D eigenvalue weighted by Crippen LogP contribution is 2.32. The normalized spacial score (nSPS) is 21.6. The number of hydrogen-bond acceptors (Lipinski definition) is 6. The molecule has 6 nitrogen and oxygen atoms in total. The zero-order valence-electron chi connectivity index (χ0n) is 16.5. The summed E-state index contributed by atoms with van der Waals surface area (Å²) in [5.74, 6) is 1.00. The zero-order valence-corrected chi connectivity index (χ0v) is 17.3. The topological polar surface area (TPSA) is 58.6 Å². The van der Waals surface area contributed by atoms with Gasteiger partial charge in [0.15, 0.2) is 5.65 Å². The molecule has 0 spiro atoms. The van der Waals surface area contributed by atoms with Gasteiger partial charge in [-0.25, -0.2) is 4.98 Å². The number of likely N-dealkylation sites (tertiary alicyclic amines) is 1. The number of hydrogen-bond donors (Lipinski definition) is 0. The summed E-state index contributed by atoms with van der Waals surface area (Å²) in [5.41, 5.74) is 2.03. The van der Waals surface area contributed by atoms with Crippen LogP contribution in [-0.4, -0.2) is 57.4 Å². The monoisotopic (exact) mass is 408 g/mol. The third kappa shape index (κ3) is 3.84. The first-order valence-electron chi connectivity index (χ1n) is 10.2. The smallest absolute Gasteiger partial charge is 0.281 e. The van der Waals surface area contributed by atoms with Crippen molar-refractivity contribution >= 4 is 27.6 Å². The second-order valence-electron chi connectivity index (χ2n) is 7.85. The number of piperazine rings is 1. The van der Waals surface area contributed by atoms with Crippen LogP contribution in [0.15, 0.2) is 42.6 Å².